The van der Waals surface area contributed by atoms with Gasteiger partial charge in [-0.25, -0.2) is 15.0 Å². The number of anilines is 1. The molecule has 1 aliphatic heterocycles. The smallest absolute Gasteiger partial charge is 0.237 e. The zero-order chi connectivity index (χ0) is 15.8. The second kappa shape index (κ2) is 5.66. The van der Waals surface area contributed by atoms with E-state index in [-0.39, 0.29) is 11.9 Å². The molecule has 3 aromatic rings. The van der Waals surface area contributed by atoms with Crippen molar-refractivity contribution in [1.29, 1.82) is 0 Å². The van der Waals surface area contributed by atoms with Gasteiger partial charge in [0.1, 0.15) is 16.9 Å². The number of imidazole rings is 1. The Balaban J connectivity index is 1.54. The van der Waals surface area contributed by atoms with Crippen LogP contribution in [0, 0.1) is 0 Å². The summed E-state index contributed by atoms with van der Waals surface area (Å²) in [5, 5.41) is 0.751. The summed E-state index contributed by atoms with van der Waals surface area (Å²) in [6.07, 6.45) is 3.97. The summed E-state index contributed by atoms with van der Waals surface area (Å²) in [5.74, 6) is 0.433. The molecular formula is C16H15N5OS. The van der Waals surface area contributed by atoms with Gasteiger partial charge in [0.15, 0.2) is 5.65 Å². The highest BCUT2D eigenvalue weighted by Crippen LogP contribution is 2.33. The van der Waals surface area contributed by atoms with Crippen molar-refractivity contribution in [3.8, 4) is 0 Å². The van der Waals surface area contributed by atoms with Gasteiger partial charge in [-0.05, 0) is 25.0 Å². The van der Waals surface area contributed by atoms with Crippen LogP contribution in [0.5, 0.6) is 0 Å². The SMILES string of the molecule is C[C@H]1Cc2ccccc2N1C(=O)CSc1ncnc2nc[nH]c12. The number of carbonyl (C=O) groups is 1. The molecule has 0 spiro atoms. The molecule has 1 aromatic carbocycles. The van der Waals surface area contributed by atoms with E-state index in [0.29, 0.717) is 11.4 Å². The number of nitrogens with zero attached hydrogens (tertiary/aromatic N) is 4. The van der Waals surface area contributed by atoms with Gasteiger partial charge in [0.05, 0.1) is 12.1 Å². The minimum absolute atomic E-state index is 0.0960. The Morgan fingerprint density at radius 2 is 2.22 bits per heavy atom. The summed E-state index contributed by atoms with van der Waals surface area (Å²) in [6.45, 7) is 2.08. The van der Waals surface area contributed by atoms with Crippen molar-refractivity contribution in [2.24, 2.45) is 0 Å². The highest BCUT2D eigenvalue weighted by Gasteiger charge is 2.30. The van der Waals surface area contributed by atoms with Crippen LogP contribution in [0.25, 0.3) is 11.2 Å². The lowest BCUT2D eigenvalue weighted by Gasteiger charge is -2.22. The van der Waals surface area contributed by atoms with Gasteiger partial charge in [0, 0.05) is 11.7 Å². The van der Waals surface area contributed by atoms with Crippen molar-refractivity contribution in [3.63, 3.8) is 0 Å². The van der Waals surface area contributed by atoms with E-state index >= 15 is 0 Å². The van der Waals surface area contributed by atoms with Gasteiger partial charge in [-0.3, -0.25) is 4.79 Å². The molecule has 0 bridgehead atoms. The number of benzene rings is 1. The van der Waals surface area contributed by atoms with Crippen molar-refractivity contribution in [2.45, 2.75) is 24.4 Å². The minimum Gasteiger partial charge on any atom is -0.341 e. The van der Waals surface area contributed by atoms with Crippen LogP contribution in [0.15, 0.2) is 41.9 Å². The second-order valence-electron chi connectivity index (χ2n) is 5.51. The Bertz CT molecular complexity index is 878. The average Bonchev–Trinajstić information content (AvgIpc) is 3.15. The van der Waals surface area contributed by atoms with Crippen LogP contribution in [0.3, 0.4) is 0 Å². The standard InChI is InChI=1S/C16H15N5OS/c1-10-6-11-4-2-3-5-12(11)21(10)13(22)7-23-16-14-15(18-8-17-14)19-9-20-16/h2-5,8-10H,6-7H2,1H3,(H,17,18,19,20)/t10-/m0/s1. The number of H-pyrrole nitrogens is 1. The third kappa shape index (κ3) is 2.46. The van der Waals surface area contributed by atoms with Crippen LogP contribution in [0.4, 0.5) is 5.69 Å². The average molecular weight is 325 g/mol. The van der Waals surface area contributed by atoms with Crippen molar-refractivity contribution in [2.75, 3.05) is 10.7 Å². The Morgan fingerprint density at radius 1 is 1.35 bits per heavy atom. The molecule has 0 fully saturated rings. The molecule has 7 heteroatoms. The number of thioether (sulfide) groups is 1. The summed E-state index contributed by atoms with van der Waals surface area (Å²) in [5.41, 5.74) is 3.66. The van der Waals surface area contributed by atoms with Crippen molar-refractivity contribution in [1.82, 2.24) is 19.9 Å². The van der Waals surface area contributed by atoms with Gasteiger partial charge in [-0.15, -0.1) is 0 Å². The van der Waals surface area contributed by atoms with E-state index in [4.69, 9.17) is 0 Å². The number of para-hydroxylation sites is 1. The summed E-state index contributed by atoms with van der Waals surface area (Å²) >= 11 is 1.41. The summed E-state index contributed by atoms with van der Waals surface area (Å²) in [4.78, 5) is 30.1. The molecule has 2 aromatic heterocycles. The molecule has 4 rings (SSSR count). The minimum atomic E-state index is 0.0960. The predicted octanol–water partition coefficient (Wildman–Crippen LogP) is 2.42. The predicted molar refractivity (Wildman–Crippen MR) is 89.5 cm³/mol. The number of hydrogen-bond donors (Lipinski definition) is 1. The molecule has 0 saturated carbocycles. The van der Waals surface area contributed by atoms with Crippen molar-refractivity contribution >= 4 is 34.5 Å². The normalized spacial score (nSPS) is 16.7. The quantitative estimate of drug-likeness (QED) is 0.591. The van der Waals surface area contributed by atoms with Crippen molar-refractivity contribution < 1.29 is 4.79 Å². The first-order chi connectivity index (χ1) is 11.2. The number of aromatic amines is 1. The second-order valence-corrected chi connectivity index (χ2v) is 6.48. The molecular weight excluding hydrogens is 310 g/mol. The third-order valence-electron chi connectivity index (χ3n) is 4.00. The highest BCUT2D eigenvalue weighted by atomic mass is 32.2. The maximum atomic E-state index is 12.7. The fourth-order valence-corrected chi connectivity index (χ4v) is 3.81. The molecule has 6 nitrogen and oxygen atoms in total. The molecule has 0 unspecified atom stereocenters. The van der Waals surface area contributed by atoms with E-state index in [1.165, 1.54) is 23.7 Å². The summed E-state index contributed by atoms with van der Waals surface area (Å²) < 4.78 is 0. The molecule has 0 aliphatic carbocycles. The summed E-state index contributed by atoms with van der Waals surface area (Å²) in [7, 11) is 0. The topological polar surface area (TPSA) is 74.8 Å². The van der Waals surface area contributed by atoms with Gasteiger partial charge in [-0.1, -0.05) is 30.0 Å². The van der Waals surface area contributed by atoms with Crippen LogP contribution in [0.1, 0.15) is 12.5 Å². The lowest BCUT2D eigenvalue weighted by Crippen LogP contribution is -2.37. The number of rotatable bonds is 3. The van der Waals surface area contributed by atoms with Crippen LogP contribution in [-0.2, 0) is 11.2 Å². The molecule has 116 valence electrons. The highest BCUT2D eigenvalue weighted by molar-refractivity contribution is 8.00. The third-order valence-corrected chi connectivity index (χ3v) is 4.97. The van der Waals surface area contributed by atoms with Crippen LogP contribution in [-0.4, -0.2) is 37.6 Å². The van der Waals surface area contributed by atoms with Crippen LogP contribution in [0.2, 0.25) is 0 Å². The molecule has 1 N–H and O–H groups in total. The van der Waals surface area contributed by atoms with E-state index in [0.717, 1.165) is 22.7 Å². The number of carbonyl (C=O) groups excluding carboxylic acids is 1. The lowest BCUT2D eigenvalue weighted by molar-refractivity contribution is -0.116. The lowest BCUT2D eigenvalue weighted by atomic mass is 10.1. The molecule has 1 aliphatic rings. The number of fused-ring (bicyclic) bond motifs is 2. The summed E-state index contributed by atoms with van der Waals surface area (Å²) in [6, 6.07) is 8.29. The van der Waals surface area contributed by atoms with Gasteiger partial charge < -0.3 is 9.88 Å². The Kier molecular flexibility index (Phi) is 3.49. The first kappa shape index (κ1) is 14.2. The van der Waals surface area contributed by atoms with Gasteiger partial charge in [0.25, 0.3) is 0 Å². The number of nitrogens with one attached hydrogen (secondary N) is 1. The Labute approximate surface area is 137 Å². The maximum Gasteiger partial charge on any atom is 0.237 e. The van der Waals surface area contributed by atoms with E-state index in [1.807, 2.05) is 23.1 Å². The largest absolute Gasteiger partial charge is 0.341 e. The Morgan fingerprint density at radius 3 is 3.13 bits per heavy atom. The first-order valence-electron chi connectivity index (χ1n) is 7.41. The van der Waals surface area contributed by atoms with Crippen molar-refractivity contribution in [3.05, 3.63) is 42.5 Å². The van der Waals surface area contributed by atoms with E-state index in [9.17, 15) is 4.79 Å². The monoisotopic (exact) mass is 325 g/mol. The molecule has 1 atom stereocenters. The van der Waals surface area contributed by atoms with Crippen LogP contribution < -0.4 is 4.90 Å². The number of aromatic nitrogens is 4. The fraction of sp³-hybridized carbons (Fsp3) is 0.250. The van der Waals surface area contributed by atoms with Gasteiger partial charge in [-0.2, -0.15) is 0 Å². The molecule has 0 saturated heterocycles. The van der Waals surface area contributed by atoms with E-state index < -0.39 is 0 Å². The number of hydrogen-bond acceptors (Lipinski definition) is 5. The zero-order valence-electron chi connectivity index (χ0n) is 12.6. The van der Waals surface area contributed by atoms with Crippen LogP contribution >= 0.6 is 11.8 Å². The fourth-order valence-electron chi connectivity index (χ4n) is 3.00. The van der Waals surface area contributed by atoms with Gasteiger partial charge >= 0.3 is 0 Å². The number of amides is 1. The maximum absolute atomic E-state index is 12.7. The van der Waals surface area contributed by atoms with E-state index in [2.05, 4.69) is 32.9 Å². The molecule has 3 heterocycles. The van der Waals surface area contributed by atoms with Gasteiger partial charge in [0.2, 0.25) is 5.91 Å². The molecule has 23 heavy (non-hydrogen) atoms. The Hall–Kier alpha value is -2.41. The molecule has 1 amide bonds. The zero-order valence-corrected chi connectivity index (χ0v) is 13.4. The van der Waals surface area contributed by atoms with E-state index in [1.54, 1.807) is 6.33 Å². The first-order valence-corrected chi connectivity index (χ1v) is 8.39. The molecule has 0 radical (unpaired) electrons.